The molecule has 0 bridgehead atoms. The first-order chi connectivity index (χ1) is 16.0. The van der Waals surface area contributed by atoms with Crippen LogP contribution in [0.1, 0.15) is 81.0 Å². The van der Waals surface area contributed by atoms with Crippen LogP contribution in [0, 0.1) is 0 Å². The average molecular weight is 454 g/mol. The molecule has 1 N–H and O–H groups in total. The number of carbonyl (C=O) groups excluding carboxylic acids is 4. The molecule has 8 nitrogen and oxygen atoms in total. The van der Waals surface area contributed by atoms with Crippen molar-refractivity contribution >= 4 is 29.4 Å². The predicted octanol–water partition coefficient (Wildman–Crippen LogP) is 2.90. The van der Waals surface area contributed by atoms with E-state index >= 15 is 0 Å². The summed E-state index contributed by atoms with van der Waals surface area (Å²) in [6, 6.07) is 6.90. The molecule has 5 rings (SSSR count). The fraction of sp³-hybridized carbons (Fsp3) is 0.600. The highest BCUT2D eigenvalue weighted by Gasteiger charge is 2.64. The van der Waals surface area contributed by atoms with E-state index in [4.69, 9.17) is 4.74 Å². The highest BCUT2D eigenvalue weighted by molar-refractivity contribution is 6.15. The second-order valence-electron chi connectivity index (χ2n) is 9.65. The van der Waals surface area contributed by atoms with E-state index in [0.717, 1.165) is 38.5 Å². The Morgan fingerprint density at radius 3 is 2.42 bits per heavy atom. The van der Waals surface area contributed by atoms with Crippen molar-refractivity contribution in [3.63, 3.8) is 0 Å². The number of ether oxygens (including phenoxy) is 1. The smallest absolute Gasteiger partial charge is 0.354 e. The molecule has 0 aromatic heterocycles. The lowest BCUT2D eigenvalue weighted by Crippen LogP contribution is -2.69. The summed E-state index contributed by atoms with van der Waals surface area (Å²) >= 11 is 0. The molecule has 176 valence electrons. The summed E-state index contributed by atoms with van der Waals surface area (Å²) in [6.07, 6.45) is 9.54. The van der Waals surface area contributed by atoms with E-state index in [-0.39, 0.29) is 42.6 Å². The van der Waals surface area contributed by atoms with Gasteiger partial charge in [0, 0.05) is 24.9 Å². The van der Waals surface area contributed by atoms with Crippen molar-refractivity contribution in [2.45, 2.75) is 88.4 Å². The fourth-order valence-electron chi connectivity index (χ4n) is 5.63. The number of hydrogen-bond acceptors (Lipinski definition) is 5. The number of nitrogens with zero attached hydrogens (tertiary/aromatic N) is 2. The Bertz CT molecular complexity index is 967. The highest BCUT2D eigenvalue weighted by Crippen LogP contribution is 2.49. The molecule has 4 aliphatic rings. The lowest BCUT2D eigenvalue weighted by atomic mass is 9.96. The lowest BCUT2D eigenvalue weighted by Gasteiger charge is -2.48. The summed E-state index contributed by atoms with van der Waals surface area (Å²) in [6.45, 7) is -0.409. The Kier molecular flexibility index (Phi) is 5.85. The molecule has 2 heterocycles. The summed E-state index contributed by atoms with van der Waals surface area (Å²) in [4.78, 5) is 55.5. The van der Waals surface area contributed by atoms with Crippen LogP contribution < -0.4 is 10.2 Å². The molecular formula is C25H31N3O5. The van der Waals surface area contributed by atoms with E-state index in [1.807, 2.05) is 0 Å². The van der Waals surface area contributed by atoms with E-state index in [2.05, 4.69) is 5.32 Å². The van der Waals surface area contributed by atoms with Crippen LogP contribution >= 0.6 is 0 Å². The third-order valence-electron chi connectivity index (χ3n) is 7.34. The van der Waals surface area contributed by atoms with Gasteiger partial charge in [-0.1, -0.05) is 44.2 Å². The fourth-order valence-corrected chi connectivity index (χ4v) is 5.63. The minimum Gasteiger partial charge on any atom is -0.452 e. The monoisotopic (exact) mass is 453 g/mol. The predicted molar refractivity (Wildman–Crippen MR) is 120 cm³/mol. The number of carbonyl (C=O) groups is 4. The van der Waals surface area contributed by atoms with Crippen LogP contribution in [-0.4, -0.2) is 52.9 Å². The van der Waals surface area contributed by atoms with Crippen LogP contribution in [0.3, 0.4) is 0 Å². The first-order valence-electron chi connectivity index (χ1n) is 12.2. The Hall–Kier alpha value is -2.90. The minimum absolute atomic E-state index is 0.101. The molecule has 1 saturated heterocycles. The topological polar surface area (TPSA) is 96.0 Å². The molecule has 33 heavy (non-hydrogen) atoms. The van der Waals surface area contributed by atoms with Crippen molar-refractivity contribution in [3.05, 3.63) is 29.8 Å². The van der Waals surface area contributed by atoms with Crippen molar-refractivity contribution in [1.29, 1.82) is 0 Å². The van der Waals surface area contributed by atoms with Crippen molar-refractivity contribution in [1.82, 2.24) is 10.2 Å². The number of benzene rings is 1. The number of rotatable bonds is 5. The average Bonchev–Trinajstić information content (AvgIpc) is 3.56. The van der Waals surface area contributed by atoms with Gasteiger partial charge in [0.05, 0.1) is 11.3 Å². The SMILES string of the molecule is O=C(COC(=O)C12CCC(=O)N1c1ccccc1C(=O)N2C1CC1)NC1CCCCCCC1. The summed E-state index contributed by atoms with van der Waals surface area (Å²) in [7, 11) is 0. The van der Waals surface area contributed by atoms with E-state index < -0.39 is 18.2 Å². The zero-order valence-electron chi connectivity index (χ0n) is 18.9. The number of anilines is 1. The summed E-state index contributed by atoms with van der Waals surface area (Å²) in [5.74, 6) is -1.50. The Labute approximate surface area is 193 Å². The Morgan fingerprint density at radius 1 is 1.00 bits per heavy atom. The normalized spacial score (nSPS) is 25.7. The molecule has 3 fully saturated rings. The second-order valence-corrected chi connectivity index (χ2v) is 9.65. The maximum absolute atomic E-state index is 13.6. The molecule has 1 unspecified atom stereocenters. The third kappa shape index (κ3) is 3.89. The molecule has 3 amide bonds. The van der Waals surface area contributed by atoms with Crippen LogP contribution in [0.4, 0.5) is 5.69 Å². The molecule has 1 aromatic carbocycles. The number of esters is 1. The van der Waals surface area contributed by atoms with E-state index in [1.54, 1.807) is 29.2 Å². The molecule has 1 atom stereocenters. The van der Waals surface area contributed by atoms with Gasteiger partial charge in [0.25, 0.3) is 11.8 Å². The number of hydrogen-bond donors (Lipinski definition) is 1. The van der Waals surface area contributed by atoms with Gasteiger partial charge in [0.2, 0.25) is 11.6 Å². The van der Waals surface area contributed by atoms with Gasteiger partial charge in [-0.15, -0.1) is 0 Å². The van der Waals surface area contributed by atoms with E-state index in [1.165, 1.54) is 24.2 Å². The van der Waals surface area contributed by atoms with Gasteiger partial charge in [-0.25, -0.2) is 4.79 Å². The number of fused-ring (bicyclic) bond motifs is 3. The van der Waals surface area contributed by atoms with Crippen molar-refractivity contribution < 1.29 is 23.9 Å². The van der Waals surface area contributed by atoms with E-state index in [0.29, 0.717) is 11.3 Å². The van der Waals surface area contributed by atoms with E-state index in [9.17, 15) is 19.2 Å². The maximum atomic E-state index is 13.6. The lowest BCUT2D eigenvalue weighted by molar-refractivity contribution is -0.160. The van der Waals surface area contributed by atoms with Crippen molar-refractivity contribution in [2.75, 3.05) is 11.5 Å². The Balaban J connectivity index is 1.35. The molecule has 0 spiro atoms. The number of para-hydroxylation sites is 1. The van der Waals surface area contributed by atoms with Crippen molar-refractivity contribution in [2.24, 2.45) is 0 Å². The summed E-state index contributed by atoms with van der Waals surface area (Å²) < 4.78 is 5.53. The number of nitrogens with one attached hydrogen (secondary N) is 1. The van der Waals surface area contributed by atoms with Crippen molar-refractivity contribution in [3.8, 4) is 0 Å². The maximum Gasteiger partial charge on any atom is 0.354 e. The van der Waals surface area contributed by atoms with Gasteiger partial charge in [0.15, 0.2) is 6.61 Å². The van der Waals surface area contributed by atoms with Gasteiger partial charge in [0.1, 0.15) is 0 Å². The zero-order chi connectivity index (χ0) is 23.0. The zero-order valence-corrected chi connectivity index (χ0v) is 18.9. The van der Waals surface area contributed by atoms with Gasteiger partial charge in [-0.3, -0.25) is 19.3 Å². The molecule has 2 aliphatic carbocycles. The Morgan fingerprint density at radius 2 is 1.70 bits per heavy atom. The second kappa shape index (κ2) is 8.80. The summed E-state index contributed by atoms with van der Waals surface area (Å²) in [5.41, 5.74) is -0.646. The first-order valence-corrected chi connectivity index (χ1v) is 12.2. The molecule has 1 aromatic rings. The standard InChI is InChI=1S/C25H31N3O5/c29-21(26-17-8-4-2-1-3-5-9-17)16-33-24(32)25-15-14-22(30)28(25)20-11-7-6-10-19(20)23(31)27(25)18-12-13-18/h6-7,10-11,17-18H,1-5,8-9,12-16H2,(H,26,29). The van der Waals surface area contributed by atoms with Crippen LogP contribution in [0.2, 0.25) is 0 Å². The van der Waals surface area contributed by atoms with Gasteiger partial charge in [-0.05, 0) is 37.8 Å². The molecular weight excluding hydrogens is 422 g/mol. The minimum atomic E-state index is -1.51. The largest absolute Gasteiger partial charge is 0.452 e. The van der Waals surface area contributed by atoms with Crippen LogP contribution in [0.5, 0.6) is 0 Å². The summed E-state index contributed by atoms with van der Waals surface area (Å²) in [5, 5.41) is 3.00. The third-order valence-corrected chi connectivity index (χ3v) is 7.34. The van der Waals surface area contributed by atoms with Gasteiger partial charge >= 0.3 is 5.97 Å². The molecule has 2 aliphatic heterocycles. The quantitative estimate of drug-likeness (QED) is 0.692. The van der Waals surface area contributed by atoms with Gasteiger partial charge in [-0.2, -0.15) is 0 Å². The molecule has 2 saturated carbocycles. The van der Waals surface area contributed by atoms with Gasteiger partial charge < -0.3 is 15.0 Å². The van der Waals surface area contributed by atoms with Crippen LogP contribution in [0.25, 0.3) is 0 Å². The molecule has 8 heteroatoms. The van der Waals surface area contributed by atoms with Crippen LogP contribution in [-0.2, 0) is 19.1 Å². The number of amides is 3. The highest BCUT2D eigenvalue weighted by atomic mass is 16.5. The molecule has 0 radical (unpaired) electrons. The first kappa shape index (κ1) is 21.9. The van der Waals surface area contributed by atoms with Crippen LogP contribution in [0.15, 0.2) is 24.3 Å².